The summed E-state index contributed by atoms with van der Waals surface area (Å²) < 4.78 is 0. The van der Waals surface area contributed by atoms with Crippen LogP contribution in [0.25, 0.3) is 10.6 Å². The highest BCUT2D eigenvalue weighted by atomic mass is 32.1. The fourth-order valence-electron chi connectivity index (χ4n) is 1.83. The van der Waals surface area contributed by atoms with E-state index in [9.17, 15) is 4.79 Å². The lowest BCUT2D eigenvalue weighted by Crippen LogP contribution is -2.33. The zero-order valence-corrected chi connectivity index (χ0v) is 12.9. The highest BCUT2D eigenvalue weighted by Gasteiger charge is 2.08. The Bertz CT molecular complexity index is 556. The number of aromatic nitrogens is 2. The van der Waals surface area contributed by atoms with Crippen molar-refractivity contribution in [2.45, 2.75) is 19.8 Å². The molecule has 0 aliphatic rings. The van der Waals surface area contributed by atoms with E-state index < -0.39 is 0 Å². The first-order chi connectivity index (χ1) is 10.3. The molecule has 21 heavy (non-hydrogen) atoms. The molecule has 1 amide bonds. The van der Waals surface area contributed by atoms with Crippen molar-refractivity contribution in [3.05, 3.63) is 35.6 Å². The van der Waals surface area contributed by atoms with Crippen molar-refractivity contribution in [1.82, 2.24) is 20.6 Å². The van der Waals surface area contributed by atoms with Crippen LogP contribution < -0.4 is 10.6 Å². The number of pyridine rings is 1. The largest absolute Gasteiger partial charge is 0.354 e. The van der Waals surface area contributed by atoms with Crippen LogP contribution in [0, 0.1) is 0 Å². The van der Waals surface area contributed by atoms with Gasteiger partial charge in [-0.25, -0.2) is 4.98 Å². The molecule has 112 valence electrons. The van der Waals surface area contributed by atoms with Crippen LogP contribution in [-0.4, -0.2) is 35.5 Å². The molecule has 0 atom stereocenters. The van der Waals surface area contributed by atoms with Crippen molar-refractivity contribution in [2.75, 3.05) is 19.6 Å². The first kappa shape index (κ1) is 15.6. The molecule has 2 N–H and O–H groups in total. The number of amides is 1. The number of nitrogens with one attached hydrogen (secondary N) is 2. The molecule has 0 radical (unpaired) electrons. The Balaban J connectivity index is 1.78. The zero-order chi connectivity index (χ0) is 14.9. The van der Waals surface area contributed by atoms with Crippen molar-refractivity contribution >= 4 is 17.2 Å². The molecule has 6 heteroatoms. The number of thiazole rings is 1. The molecule has 0 unspecified atom stereocenters. The summed E-state index contributed by atoms with van der Waals surface area (Å²) in [6, 6.07) is 3.85. The monoisotopic (exact) mass is 304 g/mol. The molecule has 2 heterocycles. The third-order valence-electron chi connectivity index (χ3n) is 2.85. The van der Waals surface area contributed by atoms with Gasteiger partial charge in [0.05, 0.1) is 12.1 Å². The minimum absolute atomic E-state index is 0.0105. The predicted octanol–water partition coefficient (Wildman–Crippen LogP) is 1.86. The molecule has 0 saturated carbocycles. The van der Waals surface area contributed by atoms with Gasteiger partial charge in [0.1, 0.15) is 5.01 Å². The molecule has 2 aromatic rings. The van der Waals surface area contributed by atoms with E-state index in [1.54, 1.807) is 12.4 Å². The molecule has 0 spiro atoms. The van der Waals surface area contributed by atoms with E-state index >= 15 is 0 Å². The average Bonchev–Trinajstić information content (AvgIpc) is 2.96. The van der Waals surface area contributed by atoms with E-state index in [0.29, 0.717) is 13.0 Å². The van der Waals surface area contributed by atoms with E-state index in [1.165, 1.54) is 11.3 Å². The van der Waals surface area contributed by atoms with Crippen molar-refractivity contribution in [1.29, 1.82) is 0 Å². The maximum Gasteiger partial charge on any atom is 0.226 e. The summed E-state index contributed by atoms with van der Waals surface area (Å²) in [5, 5.41) is 8.96. The highest BCUT2D eigenvalue weighted by Crippen LogP contribution is 2.22. The Hall–Kier alpha value is -1.79. The second-order valence-corrected chi connectivity index (χ2v) is 5.52. The average molecular weight is 304 g/mol. The third kappa shape index (κ3) is 5.24. The van der Waals surface area contributed by atoms with Gasteiger partial charge in [-0.1, -0.05) is 6.92 Å². The second kappa shape index (κ2) is 8.49. The number of carbonyl (C=O) groups is 1. The van der Waals surface area contributed by atoms with Gasteiger partial charge in [-0.2, -0.15) is 0 Å². The van der Waals surface area contributed by atoms with Gasteiger partial charge in [0, 0.05) is 36.4 Å². The van der Waals surface area contributed by atoms with E-state index in [4.69, 9.17) is 0 Å². The van der Waals surface area contributed by atoms with Gasteiger partial charge in [0.25, 0.3) is 0 Å². The number of hydrogen-bond acceptors (Lipinski definition) is 5. The summed E-state index contributed by atoms with van der Waals surface area (Å²) in [6.45, 7) is 4.56. The van der Waals surface area contributed by atoms with Gasteiger partial charge in [-0.3, -0.25) is 9.78 Å². The fourth-order valence-corrected chi connectivity index (χ4v) is 2.64. The van der Waals surface area contributed by atoms with E-state index in [0.717, 1.165) is 35.8 Å². The number of rotatable bonds is 8. The summed E-state index contributed by atoms with van der Waals surface area (Å²) in [6.07, 6.45) is 4.94. The lowest BCUT2D eigenvalue weighted by Gasteiger charge is -2.04. The maximum atomic E-state index is 11.8. The zero-order valence-electron chi connectivity index (χ0n) is 12.1. The minimum atomic E-state index is 0.0105. The summed E-state index contributed by atoms with van der Waals surface area (Å²) in [4.78, 5) is 20.4. The molecule has 0 saturated heterocycles. The van der Waals surface area contributed by atoms with E-state index in [1.807, 2.05) is 17.5 Å². The summed E-state index contributed by atoms with van der Waals surface area (Å²) in [5.41, 5.74) is 1.79. The molecule has 2 rings (SSSR count). The SMILES string of the molecule is CCCNCCNC(=O)Cc1csc(-c2cccnc2)n1. The van der Waals surface area contributed by atoms with Gasteiger partial charge in [0.15, 0.2) is 0 Å². The van der Waals surface area contributed by atoms with Crippen LogP contribution in [-0.2, 0) is 11.2 Å². The van der Waals surface area contributed by atoms with Crippen molar-refractivity contribution in [3.63, 3.8) is 0 Å². The maximum absolute atomic E-state index is 11.8. The Morgan fingerprint density at radius 3 is 3.00 bits per heavy atom. The summed E-state index contributed by atoms with van der Waals surface area (Å²) >= 11 is 1.54. The van der Waals surface area contributed by atoms with Crippen LogP contribution >= 0.6 is 11.3 Å². The van der Waals surface area contributed by atoms with Crippen molar-refractivity contribution < 1.29 is 4.79 Å². The normalized spacial score (nSPS) is 10.5. The first-order valence-corrected chi connectivity index (χ1v) is 7.99. The summed E-state index contributed by atoms with van der Waals surface area (Å²) in [7, 11) is 0. The van der Waals surface area contributed by atoms with Gasteiger partial charge in [-0.05, 0) is 25.1 Å². The van der Waals surface area contributed by atoms with Crippen LogP contribution in [0.3, 0.4) is 0 Å². The first-order valence-electron chi connectivity index (χ1n) is 7.12. The quantitative estimate of drug-likeness (QED) is 0.731. The van der Waals surface area contributed by atoms with Crippen LogP contribution in [0.2, 0.25) is 0 Å². The third-order valence-corrected chi connectivity index (χ3v) is 3.79. The van der Waals surface area contributed by atoms with Gasteiger partial charge < -0.3 is 10.6 Å². The highest BCUT2D eigenvalue weighted by molar-refractivity contribution is 7.13. The molecule has 0 aliphatic carbocycles. The minimum Gasteiger partial charge on any atom is -0.354 e. The molecule has 0 fully saturated rings. The molecule has 2 aromatic heterocycles. The Morgan fingerprint density at radius 2 is 2.24 bits per heavy atom. The Morgan fingerprint density at radius 1 is 1.33 bits per heavy atom. The number of hydrogen-bond donors (Lipinski definition) is 2. The molecule has 5 nitrogen and oxygen atoms in total. The Kier molecular flexibility index (Phi) is 6.30. The van der Waals surface area contributed by atoms with Crippen LogP contribution in [0.4, 0.5) is 0 Å². The predicted molar refractivity (Wildman–Crippen MR) is 85.2 cm³/mol. The van der Waals surface area contributed by atoms with Gasteiger partial charge >= 0.3 is 0 Å². The van der Waals surface area contributed by atoms with Crippen molar-refractivity contribution in [3.8, 4) is 10.6 Å². The van der Waals surface area contributed by atoms with Gasteiger partial charge in [-0.15, -0.1) is 11.3 Å². The molecule has 0 aliphatic heterocycles. The molecule has 0 aromatic carbocycles. The van der Waals surface area contributed by atoms with Crippen LogP contribution in [0.15, 0.2) is 29.9 Å². The molecular formula is C15H20N4OS. The number of nitrogens with zero attached hydrogens (tertiary/aromatic N) is 2. The smallest absolute Gasteiger partial charge is 0.226 e. The van der Waals surface area contributed by atoms with E-state index in [-0.39, 0.29) is 5.91 Å². The molecular weight excluding hydrogens is 284 g/mol. The Labute approximate surface area is 128 Å². The van der Waals surface area contributed by atoms with Crippen LogP contribution in [0.5, 0.6) is 0 Å². The second-order valence-electron chi connectivity index (χ2n) is 4.66. The lowest BCUT2D eigenvalue weighted by atomic mass is 10.3. The van der Waals surface area contributed by atoms with Crippen molar-refractivity contribution in [2.24, 2.45) is 0 Å². The summed E-state index contributed by atoms with van der Waals surface area (Å²) in [5.74, 6) is 0.0105. The number of carbonyl (C=O) groups excluding carboxylic acids is 1. The topological polar surface area (TPSA) is 66.9 Å². The van der Waals surface area contributed by atoms with E-state index in [2.05, 4.69) is 27.5 Å². The molecule has 0 bridgehead atoms. The lowest BCUT2D eigenvalue weighted by molar-refractivity contribution is -0.120. The van der Waals surface area contributed by atoms with Crippen LogP contribution in [0.1, 0.15) is 19.0 Å². The fraction of sp³-hybridized carbons (Fsp3) is 0.400. The standard InChI is InChI=1S/C15H20N4OS/c1-2-5-16-7-8-18-14(20)9-13-11-21-15(19-13)12-4-3-6-17-10-12/h3-4,6,10-11,16H,2,5,7-9H2,1H3,(H,18,20). The van der Waals surface area contributed by atoms with Gasteiger partial charge in [0.2, 0.25) is 5.91 Å².